The van der Waals surface area contributed by atoms with E-state index in [-0.39, 0.29) is 0 Å². The van der Waals surface area contributed by atoms with Gasteiger partial charge in [-0.1, -0.05) is 43.3 Å². The molecule has 0 aliphatic heterocycles. The van der Waals surface area contributed by atoms with Crippen molar-refractivity contribution in [1.82, 2.24) is 0 Å². The normalized spacial score (nSPS) is 10.7. The summed E-state index contributed by atoms with van der Waals surface area (Å²) in [5.41, 5.74) is 2.77. The van der Waals surface area contributed by atoms with Crippen molar-refractivity contribution < 1.29 is 0 Å². The molecule has 0 fully saturated rings. The van der Waals surface area contributed by atoms with Crippen LogP contribution in [0.15, 0.2) is 36.4 Å². The lowest BCUT2D eigenvalue weighted by Crippen LogP contribution is -1.87. The zero-order chi connectivity index (χ0) is 9.97. The molecular weight excluding hydrogens is 168 g/mol. The summed E-state index contributed by atoms with van der Waals surface area (Å²) in [6, 6.07) is 13.0. The Kier molecular flexibility index (Phi) is 2.53. The number of hydrogen-bond donors (Lipinski definition) is 0. The molecule has 2 aromatic rings. The van der Waals surface area contributed by atoms with Gasteiger partial charge in [-0.15, -0.1) is 0 Å². The largest absolute Gasteiger partial charge is 0.0616 e. The summed E-state index contributed by atoms with van der Waals surface area (Å²) in [6.07, 6.45) is 2.04. The number of aryl methyl sites for hydroxylation is 2. The molecule has 0 saturated carbocycles. The van der Waals surface area contributed by atoms with Crippen molar-refractivity contribution in [2.24, 2.45) is 0 Å². The van der Waals surface area contributed by atoms with Crippen LogP contribution >= 0.6 is 0 Å². The molecule has 14 heavy (non-hydrogen) atoms. The molecule has 0 atom stereocenters. The second kappa shape index (κ2) is 3.83. The molecule has 2 rings (SSSR count). The Morgan fingerprint density at radius 2 is 1.71 bits per heavy atom. The molecule has 0 aliphatic carbocycles. The van der Waals surface area contributed by atoms with E-state index in [2.05, 4.69) is 50.2 Å². The predicted molar refractivity (Wildman–Crippen MR) is 62.4 cm³/mol. The first-order valence-corrected chi connectivity index (χ1v) is 5.09. The van der Waals surface area contributed by atoms with Crippen LogP contribution < -0.4 is 0 Å². The van der Waals surface area contributed by atoms with Gasteiger partial charge >= 0.3 is 0 Å². The highest BCUT2D eigenvalue weighted by molar-refractivity contribution is 5.88. The average molecular weight is 183 g/mol. The van der Waals surface area contributed by atoms with E-state index in [1.54, 1.807) is 0 Å². The molecular formula is C14H15. The van der Waals surface area contributed by atoms with Crippen LogP contribution in [0.4, 0.5) is 0 Å². The summed E-state index contributed by atoms with van der Waals surface area (Å²) < 4.78 is 0. The number of rotatable bonds is 2. The van der Waals surface area contributed by atoms with Gasteiger partial charge in [-0.3, -0.25) is 0 Å². The molecule has 1 radical (unpaired) electrons. The molecule has 0 bridgehead atoms. The van der Waals surface area contributed by atoms with E-state index in [0.29, 0.717) is 0 Å². The average Bonchev–Trinajstić information content (AvgIpc) is 2.23. The van der Waals surface area contributed by atoms with Gasteiger partial charge in [0.2, 0.25) is 0 Å². The fourth-order valence-corrected chi connectivity index (χ4v) is 1.92. The van der Waals surface area contributed by atoms with E-state index in [9.17, 15) is 0 Å². The summed E-state index contributed by atoms with van der Waals surface area (Å²) in [5.74, 6) is 0. The van der Waals surface area contributed by atoms with Gasteiger partial charge in [0.25, 0.3) is 0 Å². The van der Waals surface area contributed by atoms with Crippen LogP contribution in [-0.4, -0.2) is 0 Å². The Morgan fingerprint density at radius 3 is 2.43 bits per heavy atom. The Morgan fingerprint density at radius 1 is 1.00 bits per heavy atom. The van der Waals surface area contributed by atoms with Crippen molar-refractivity contribution in [3.8, 4) is 0 Å². The Balaban J connectivity index is 2.68. The summed E-state index contributed by atoms with van der Waals surface area (Å²) in [4.78, 5) is 0. The maximum absolute atomic E-state index is 3.91. The zero-order valence-electron chi connectivity index (χ0n) is 8.59. The molecule has 0 saturated heterocycles. The first-order chi connectivity index (χ1) is 6.83. The lowest BCUT2D eigenvalue weighted by molar-refractivity contribution is 1.01. The lowest BCUT2D eigenvalue weighted by atomic mass is 9.98. The minimum atomic E-state index is 0.965. The van der Waals surface area contributed by atoms with Crippen molar-refractivity contribution in [3.63, 3.8) is 0 Å². The smallest absolute Gasteiger partial charge is 0.0149 e. The molecule has 0 heteroatoms. The van der Waals surface area contributed by atoms with E-state index >= 15 is 0 Å². The highest BCUT2D eigenvalue weighted by atomic mass is 14.1. The fourth-order valence-electron chi connectivity index (χ4n) is 1.92. The van der Waals surface area contributed by atoms with Crippen molar-refractivity contribution in [2.45, 2.75) is 19.8 Å². The Labute approximate surface area is 85.6 Å². The molecule has 71 valence electrons. The van der Waals surface area contributed by atoms with Crippen LogP contribution in [0.5, 0.6) is 0 Å². The Bertz CT molecular complexity index is 441. The minimum absolute atomic E-state index is 0.965. The van der Waals surface area contributed by atoms with E-state index in [1.165, 1.54) is 21.9 Å². The molecule has 0 N–H and O–H groups in total. The van der Waals surface area contributed by atoms with E-state index in [4.69, 9.17) is 0 Å². The highest BCUT2D eigenvalue weighted by Gasteiger charge is 2.01. The number of benzene rings is 2. The van der Waals surface area contributed by atoms with Crippen molar-refractivity contribution >= 4 is 10.8 Å². The second-order valence-electron chi connectivity index (χ2n) is 3.69. The van der Waals surface area contributed by atoms with Gasteiger partial charge in [0.15, 0.2) is 0 Å². The van der Waals surface area contributed by atoms with Gasteiger partial charge in [0.1, 0.15) is 0 Å². The second-order valence-corrected chi connectivity index (χ2v) is 3.69. The van der Waals surface area contributed by atoms with Gasteiger partial charge in [0, 0.05) is 0 Å². The third kappa shape index (κ3) is 1.52. The van der Waals surface area contributed by atoms with Gasteiger partial charge in [-0.05, 0) is 41.7 Å². The molecule has 0 aromatic heterocycles. The van der Waals surface area contributed by atoms with Crippen LogP contribution in [0.2, 0.25) is 0 Å². The Hall–Kier alpha value is -1.30. The monoisotopic (exact) mass is 183 g/mol. The number of fused-ring (bicyclic) bond motifs is 1. The quantitative estimate of drug-likeness (QED) is 0.662. The minimum Gasteiger partial charge on any atom is -0.0616 e. The van der Waals surface area contributed by atoms with Gasteiger partial charge in [-0.25, -0.2) is 0 Å². The van der Waals surface area contributed by atoms with Crippen LogP contribution in [0, 0.1) is 13.8 Å². The van der Waals surface area contributed by atoms with Crippen LogP contribution in [-0.2, 0) is 6.42 Å². The molecule has 0 heterocycles. The van der Waals surface area contributed by atoms with Crippen molar-refractivity contribution in [1.29, 1.82) is 0 Å². The molecule has 0 nitrogen and oxygen atoms in total. The molecule has 0 spiro atoms. The van der Waals surface area contributed by atoms with Gasteiger partial charge in [0.05, 0.1) is 0 Å². The van der Waals surface area contributed by atoms with E-state index < -0.39 is 0 Å². The summed E-state index contributed by atoms with van der Waals surface area (Å²) in [7, 11) is 0. The van der Waals surface area contributed by atoms with Crippen LogP contribution in [0.25, 0.3) is 10.8 Å². The summed E-state index contributed by atoms with van der Waals surface area (Å²) in [6.45, 7) is 6.07. The van der Waals surface area contributed by atoms with Gasteiger partial charge in [-0.2, -0.15) is 0 Å². The highest BCUT2D eigenvalue weighted by Crippen LogP contribution is 2.22. The SMILES string of the molecule is [CH2]CCc1ccc(C)c2ccccc12. The topological polar surface area (TPSA) is 0 Å². The standard InChI is InChI=1S/C14H15/c1-3-6-12-10-9-11(2)13-7-4-5-8-14(12)13/h4-5,7-10H,1,3,6H2,2H3. The molecule has 0 unspecified atom stereocenters. The first kappa shape index (κ1) is 9.26. The van der Waals surface area contributed by atoms with Crippen molar-refractivity contribution in [3.05, 3.63) is 54.4 Å². The number of hydrogen-bond acceptors (Lipinski definition) is 0. The fraction of sp³-hybridized carbons (Fsp3) is 0.214. The van der Waals surface area contributed by atoms with Crippen LogP contribution in [0.3, 0.4) is 0 Å². The third-order valence-corrected chi connectivity index (χ3v) is 2.68. The maximum Gasteiger partial charge on any atom is -0.0149 e. The molecule has 0 amide bonds. The summed E-state index contributed by atoms with van der Waals surface area (Å²) >= 11 is 0. The van der Waals surface area contributed by atoms with E-state index in [0.717, 1.165) is 12.8 Å². The molecule has 0 aliphatic rings. The molecule has 2 aromatic carbocycles. The first-order valence-electron chi connectivity index (χ1n) is 5.09. The summed E-state index contributed by atoms with van der Waals surface area (Å²) in [5, 5.41) is 2.76. The van der Waals surface area contributed by atoms with E-state index in [1.807, 2.05) is 0 Å². The predicted octanol–water partition coefficient (Wildman–Crippen LogP) is 3.91. The lowest BCUT2D eigenvalue weighted by Gasteiger charge is -2.07. The third-order valence-electron chi connectivity index (χ3n) is 2.68. The van der Waals surface area contributed by atoms with Crippen molar-refractivity contribution in [2.75, 3.05) is 0 Å². The van der Waals surface area contributed by atoms with Crippen LogP contribution in [0.1, 0.15) is 17.5 Å². The van der Waals surface area contributed by atoms with Gasteiger partial charge < -0.3 is 0 Å². The maximum atomic E-state index is 3.91. The zero-order valence-corrected chi connectivity index (χ0v) is 8.59.